The zero-order chi connectivity index (χ0) is 11.3. The van der Waals surface area contributed by atoms with Gasteiger partial charge < -0.3 is 5.73 Å². The van der Waals surface area contributed by atoms with Gasteiger partial charge in [-0.25, -0.2) is 18.1 Å². The lowest BCUT2D eigenvalue weighted by Gasteiger charge is -2.05. The standard InChI is InChI=1S/C9H15N3O2S/c1-2-6-15(13,14)11-7-8-4-3-5-9(10)12-8/h3-5,11H,2,6-7H2,1H3,(H2,10,12). The Labute approximate surface area is 89.8 Å². The lowest BCUT2D eigenvalue weighted by molar-refractivity contribution is 0.579. The van der Waals surface area contributed by atoms with Crippen LogP contribution in [0.3, 0.4) is 0 Å². The summed E-state index contributed by atoms with van der Waals surface area (Å²) in [6.07, 6.45) is 0.597. The summed E-state index contributed by atoms with van der Waals surface area (Å²) in [4.78, 5) is 3.99. The molecule has 0 aromatic carbocycles. The highest BCUT2D eigenvalue weighted by atomic mass is 32.2. The number of nitrogens with one attached hydrogen (secondary N) is 1. The Kier molecular flexibility index (Phi) is 4.05. The second-order valence-corrected chi connectivity index (χ2v) is 5.12. The third-order valence-corrected chi connectivity index (χ3v) is 3.30. The van der Waals surface area contributed by atoms with E-state index >= 15 is 0 Å². The van der Waals surface area contributed by atoms with Crippen molar-refractivity contribution in [3.8, 4) is 0 Å². The second-order valence-electron chi connectivity index (χ2n) is 3.19. The highest BCUT2D eigenvalue weighted by Crippen LogP contribution is 2.00. The maximum absolute atomic E-state index is 11.3. The van der Waals surface area contributed by atoms with E-state index in [0.29, 0.717) is 17.9 Å². The highest BCUT2D eigenvalue weighted by Gasteiger charge is 2.08. The van der Waals surface area contributed by atoms with E-state index in [9.17, 15) is 8.42 Å². The van der Waals surface area contributed by atoms with Gasteiger partial charge in [-0.15, -0.1) is 0 Å². The number of aromatic nitrogens is 1. The fraction of sp³-hybridized carbons (Fsp3) is 0.444. The van der Waals surface area contributed by atoms with Crippen LogP contribution in [0.1, 0.15) is 19.0 Å². The number of nitrogens with zero attached hydrogens (tertiary/aromatic N) is 1. The average Bonchev–Trinajstić information content (AvgIpc) is 2.15. The molecule has 0 aliphatic heterocycles. The Morgan fingerprint density at radius 1 is 1.47 bits per heavy atom. The first kappa shape index (κ1) is 11.9. The molecule has 0 radical (unpaired) electrons. The summed E-state index contributed by atoms with van der Waals surface area (Å²) in [5.41, 5.74) is 6.09. The number of hydrogen-bond acceptors (Lipinski definition) is 4. The molecule has 0 saturated carbocycles. The SMILES string of the molecule is CCCS(=O)(=O)NCc1cccc(N)n1. The summed E-state index contributed by atoms with van der Waals surface area (Å²) in [5, 5.41) is 0. The normalized spacial score (nSPS) is 11.5. The van der Waals surface area contributed by atoms with Gasteiger partial charge in [-0.1, -0.05) is 13.0 Å². The number of pyridine rings is 1. The van der Waals surface area contributed by atoms with Crippen LogP contribution in [0.4, 0.5) is 5.82 Å². The minimum Gasteiger partial charge on any atom is -0.384 e. The Hall–Kier alpha value is -1.14. The van der Waals surface area contributed by atoms with E-state index in [2.05, 4.69) is 9.71 Å². The largest absolute Gasteiger partial charge is 0.384 e. The van der Waals surface area contributed by atoms with E-state index in [0.717, 1.165) is 0 Å². The Bertz CT molecular complexity index is 417. The van der Waals surface area contributed by atoms with Gasteiger partial charge in [-0.2, -0.15) is 0 Å². The van der Waals surface area contributed by atoms with Gasteiger partial charge in [0.05, 0.1) is 18.0 Å². The topological polar surface area (TPSA) is 85.1 Å². The molecule has 1 aromatic rings. The molecule has 0 bridgehead atoms. The predicted octanol–water partition coefficient (Wildman–Crippen LogP) is 0.493. The Morgan fingerprint density at radius 3 is 2.80 bits per heavy atom. The van der Waals surface area contributed by atoms with Gasteiger partial charge in [0.2, 0.25) is 10.0 Å². The van der Waals surface area contributed by atoms with Crippen molar-refractivity contribution in [3.05, 3.63) is 23.9 Å². The van der Waals surface area contributed by atoms with Crippen LogP contribution in [-0.2, 0) is 16.6 Å². The summed E-state index contributed by atoms with van der Waals surface area (Å²) in [6, 6.07) is 5.13. The molecule has 0 aliphatic carbocycles. The molecule has 0 aliphatic rings. The number of rotatable bonds is 5. The van der Waals surface area contributed by atoms with Crippen LogP contribution in [0.5, 0.6) is 0 Å². The molecule has 1 aromatic heterocycles. The molecule has 6 heteroatoms. The fourth-order valence-corrected chi connectivity index (χ4v) is 2.17. The number of sulfonamides is 1. The summed E-state index contributed by atoms with van der Waals surface area (Å²) in [5.74, 6) is 0.525. The van der Waals surface area contributed by atoms with Gasteiger partial charge >= 0.3 is 0 Å². The van der Waals surface area contributed by atoms with Gasteiger partial charge in [0.25, 0.3) is 0 Å². The minimum absolute atomic E-state index is 0.134. The average molecular weight is 229 g/mol. The predicted molar refractivity (Wildman–Crippen MR) is 59.6 cm³/mol. The van der Waals surface area contributed by atoms with E-state index in [1.807, 2.05) is 6.92 Å². The molecule has 0 unspecified atom stereocenters. The van der Waals surface area contributed by atoms with Gasteiger partial charge in [-0.05, 0) is 18.6 Å². The van der Waals surface area contributed by atoms with Crippen LogP contribution in [-0.4, -0.2) is 19.2 Å². The Balaban J connectivity index is 2.58. The molecule has 0 atom stereocenters. The van der Waals surface area contributed by atoms with E-state index in [4.69, 9.17) is 5.73 Å². The lowest BCUT2D eigenvalue weighted by atomic mass is 10.3. The van der Waals surface area contributed by atoms with Crippen molar-refractivity contribution < 1.29 is 8.42 Å². The summed E-state index contributed by atoms with van der Waals surface area (Å²) >= 11 is 0. The van der Waals surface area contributed by atoms with Gasteiger partial charge in [-0.3, -0.25) is 0 Å². The van der Waals surface area contributed by atoms with Gasteiger partial charge in [0.1, 0.15) is 5.82 Å². The van der Waals surface area contributed by atoms with E-state index in [1.54, 1.807) is 18.2 Å². The third-order valence-electron chi connectivity index (χ3n) is 1.77. The van der Waals surface area contributed by atoms with Crippen molar-refractivity contribution in [1.29, 1.82) is 0 Å². The maximum Gasteiger partial charge on any atom is 0.211 e. The molecule has 0 saturated heterocycles. The number of nitrogen functional groups attached to an aromatic ring is 1. The van der Waals surface area contributed by atoms with E-state index in [1.165, 1.54) is 0 Å². The number of hydrogen-bond donors (Lipinski definition) is 2. The van der Waals surface area contributed by atoms with Crippen LogP contribution >= 0.6 is 0 Å². The first-order chi connectivity index (χ1) is 7.03. The molecule has 15 heavy (non-hydrogen) atoms. The zero-order valence-electron chi connectivity index (χ0n) is 8.60. The lowest BCUT2D eigenvalue weighted by Crippen LogP contribution is -2.26. The summed E-state index contributed by atoms with van der Waals surface area (Å²) < 4.78 is 25.1. The van der Waals surface area contributed by atoms with Crippen molar-refractivity contribution in [3.63, 3.8) is 0 Å². The molecular weight excluding hydrogens is 214 g/mol. The molecule has 3 N–H and O–H groups in total. The first-order valence-electron chi connectivity index (χ1n) is 4.72. The van der Waals surface area contributed by atoms with E-state index in [-0.39, 0.29) is 12.3 Å². The van der Waals surface area contributed by atoms with Crippen molar-refractivity contribution >= 4 is 15.8 Å². The maximum atomic E-state index is 11.3. The van der Waals surface area contributed by atoms with Crippen molar-refractivity contribution in [1.82, 2.24) is 9.71 Å². The van der Waals surface area contributed by atoms with E-state index < -0.39 is 10.0 Å². The van der Waals surface area contributed by atoms with Crippen LogP contribution in [0, 0.1) is 0 Å². The van der Waals surface area contributed by atoms with Crippen LogP contribution in [0.15, 0.2) is 18.2 Å². The Morgan fingerprint density at radius 2 is 2.20 bits per heavy atom. The van der Waals surface area contributed by atoms with Crippen molar-refractivity contribution in [2.45, 2.75) is 19.9 Å². The molecule has 1 rings (SSSR count). The monoisotopic (exact) mass is 229 g/mol. The smallest absolute Gasteiger partial charge is 0.211 e. The fourth-order valence-electron chi connectivity index (χ4n) is 1.12. The van der Waals surface area contributed by atoms with Gasteiger partial charge in [0.15, 0.2) is 0 Å². The second kappa shape index (κ2) is 5.09. The molecule has 0 fully saturated rings. The molecule has 84 valence electrons. The van der Waals surface area contributed by atoms with Gasteiger partial charge in [0, 0.05) is 0 Å². The summed E-state index contributed by atoms with van der Waals surface area (Å²) in [6.45, 7) is 2.01. The minimum atomic E-state index is -3.17. The van der Waals surface area contributed by atoms with Crippen LogP contribution < -0.4 is 10.5 Å². The molecule has 5 nitrogen and oxygen atoms in total. The zero-order valence-corrected chi connectivity index (χ0v) is 9.42. The highest BCUT2D eigenvalue weighted by molar-refractivity contribution is 7.89. The first-order valence-corrected chi connectivity index (χ1v) is 6.37. The van der Waals surface area contributed by atoms with Crippen LogP contribution in [0.25, 0.3) is 0 Å². The third kappa shape index (κ3) is 4.26. The summed E-state index contributed by atoms with van der Waals surface area (Å²) in [7, 11) is -3.17. The molecule has 0 spiro atoms. The van der Waals surface area contributed by atoms with Crippen LogP contribution in [0.2, 0.25) is 0 Å². The molecule has 0 amide bonds. The molecular formula is C9H15N3O2S. The number of nitrogens with two attached hydrogens (primary N) is 1. The van der Waals surface area contributed by atoms with Crippen molar-refractivity contribution in [2.75, 3.05) is 11.5 Å². The van der Waals surface area contributed by atoms with Crippen molar-refractivity contribution in [2.24, 2.45) is 0 Å². The number of anilines is 1. The quantitative estimate of drug-likeness (QED) is 0.769. The molecule has 1 heterocycles.